The highest BCUT2D eigenvalue weighted by Gasteiger charge is 2.28. The number of halogens is 3. The predicted molar refractivity (Wildman–Crippen MR) is 179 cm³/mol. The Labute approximate surface area is 271 Å². The minimum absolute atomic E-state index is 0.278. The van der Waals surface area contributed by atoms with Gasteiger partial charge in [0.1, 0.15) is 11.6 Å². The van der Waals surface area contributed by atoms with Crippen LogP contribution in [0.3, 0.4) is 0 Å². The smallest absolute Gasteiger partial charge is 0.229 e. The maximum absolute atomic E-state index is 11.9. The quantitative estimate of drug-likeness (QED) is 0.258. The summed E-state index contributed by atoms with van der Waals surface area (Å²) in [5.74, 6) is 1.28. The summed E-state index contributed by atoms with van der Waals surface area (Å²) in [7, 11) is 0.278. The Bertz CT molecular complexity index is 1570. The van der Waals surface area contributed by atoms with Crippen LogP contribution in [-0.4, -0.2) is 93.9 Å². The summed E-state index contributed by atoms with van der Waals surface area (Å²) >= 11 is 16.5. The van der Waals surface area contributed by atoms with Gasteiger partial charge < -0.3 is 25.2 Å². The van der Waals surface area contributed by atoms with Gasteiger partial charge in [0.2, 0.25) is 16.0 Å². The van der Waals surface area contributed by atoms with E-state index in [9.17, 15) is 8.42 Å². The zero-order valence-corrected chi connectivity index (χ0v) is 28.1. The number of likely N-dealkylation sites (N-methyl/N-ethyl adjacent to an activating group) is 1. The fourth-order valence-corrected chi connectivity index (χ4v) is 6.71. The summed E-state index contributed by atoms with van der Waals surface area (Å²) in [6, 6.07) is 9.15. The van der Waals surface area contributed by atoms with Crippen molar-refractivity contribution >= 4 is 83.7 Å². The second-order valence-electron chi connectivity index (χ2n) is 10.8. The van der Waals surface area contributed by atoms with Crippen LogP contribution in [0.2, 0.25) is 10.0 Å². The van der Waals surface area contributed by atoms with Gasteiger partial charge in [0.05, 0.1) is 45.6 Å². The lowest BCUT2D eigenvalue weighted by atomic mass is 10.0. The SMILES string of the molecule is COc1cc(N2CCC(N3CCN(C)CC3)CC2)c(Cl)cc1Nc1ncc(Br)c(Nc2cc(Cl)ccc2NS(C)(=O)=O)n1. The number of sulfonamides is 1. The zero-order chi connectivity index (χ0) is 30.7. The van der Waals surface area contributed by atoms with Crippen LogP contribution in [0.25, 0.3) is 0 Å². The summed E-state index contributed by atoms with van der Waals surface area (Å²) in [6.45, 7) is 6.36. The number of nitrogens with one attached hydrogen (secondary N) is 3. The third-order valence-corrected chi connectivity index (χ3v) is 9.36. The molecular weight excluding hydrogens is 679 g/mol. The lowest BCUT2D eigenvalue weighted by Gasteiger charge is -2.42. The largest absolute Gasteiger partial charge is 0.494 e. The Hall–Kier alpha value is -2.55. The maximum atomic E-state index is 11.9. The number of ether oxygens (including phenoxy) is 1. The number of rotatable bonds is 9. The first-order valence-corrected chi connectivity index (χ1v) is 17.3. The standard InChI is InChI=1S/C28H35BrCl2N8O3S/c1-37-10-12-38(13-11-37)19-6-8-39(9-7-19)25-16-26(42-2)24(15-21(25)31)34-28-32-17-20(29)27(35-28)33-23-14-18(30)4-5-22(23)36-43(3,40)41/h4-5,14-17,19,36H,6-13H2,1-3H3,(H2,32,33,34,35). The highest BCUT2D eigenvalue weighted by molar-refractivity contribution is 9.10. The summed E-state index contributed by atoms with van der Waals surface area (Å²) in [4.78, 5) is 16.3. The van der Waals surface area contributed by atoms with Crippen molar-refractivity contribution in [2.75, 3.05) is 79.9 Å². The molecule has 0 bridgehead atoms. The molecule has 11 nitrogen and oxygen atoms in total. The van der Waals surface area contributed by atoms with E-state index in [1.807, 2.05) is 12.1 Å². The molecule has 3 N–H and O–H groups in total. The first kappa shape index (κ1) is 31.9. The van der Waals surface area contributed by atoms with Gasteiger partial charge in [-0.25, -0.2) is 13.4 Å². The summed E-state index contributed by atoms with van der Waals surface area (Å²) < 4.78 is 32.5. The fourth-order valence-electron chi connectivity index (χ4n) is 5.38. The topological polar surface area (TPSA) is 115 Å². The van der Waals surface area contributed by atoms with Crippen molar-refractivity contribution in [2.45, 2.75) is 18.9 Å². The van der Waals surface area contributed by atoms with E-state index < -0.39 is 10.0 Å². The molecule has 0 radical (unpaired) electrons. The number of aromatic nitrogens is 2. The van der Waals surface area contributed by atoms with Crippen molar-refractivity contribution < 1.29 is 13.2 Å². The molecule has 3 heterocycles. The molecule has 2 saturated heterocycles. The molecule has 0 amide bonds. The third kappa shape index (κ3) is 8.14. The van der Waals surface area contributed by atoms with Gasteiger partial charge in [-0.3, -0.25) is 9.62 Å². The molecule has 2 aliphatic heterocycles. The first-order valence-electron chi connectivity index (χ1n) is 13.9. The Balaban J connectivity index is 1.31. The molecule has 15 heteroatoms. The van der Waals surface area contributed by atoms with Crippen LogP contribution in [-0.2, 0) is 10.0 Å². The highest BCUT2D eigenvalue weighted by atomic mass is 79.9. The van der Waals surface area contributed by atoms with Crippen LogP contribution in [0.1, 0.15) is 12.8 Å². The minimum Gasteiger partial charge on any atom is -0.494 e. The van der Waals surface area contributed by atoms with Crippen molar-refractivity contribution in [3.05, 3.63) is 51.0 Å². The van der Waals surface area contributed by atoms with E-state index in [2.05, 4.69) is 63.0 Å². The van der Waals surface area contributed by atoms with Crippen molar-refractivity contribution in [1.82, 2.24) is 19.8 Å². The molecular formula is C28H35BrCl2N8O3S. The van der Waals surface area contributed by atoms with Crippen LogP contribution in [0.4, 0.5) is 34.5 Å². The summed E-state index contributed by atoms with van der Waals surface area (Å²) in [5.41, 5.74) is 2.29. The molecule has 232 valence electrons. The van der Waals surface area contributed by atoms with Crippen LogP contribution < -0.4 is 25.0 Å². The second kappa shape index (κ2) is 13.6. The van der Waals surface area contributed by atoms with Gasteiger partial charge in [-0.05, 0) is 60.1 Å². The fraction of sp³-hybridized carbons (Fsp3) is 0.429. The lowest BCUT2D eigenvalue weighted by molar-refractivity contribution is 0.0982. The van der Waals surface area contributed by atoms with E-state index in [0.717, 1.165) is 64.1 Å². The van der Waals surface area contributed by atoms with E-state index >= 15 is 0 Å². The van der Waals surface area contributed by atoms with Crippen LogP contribution >= 0.6 is 39.1 Å². The number of benzene rings is 2. The van der Waals surface area contributed by atoms with E-state index in [-0.39, 0.29) is 5.95 Å². The molecule has 0 aliphatic carbocycles. The van der Waals surface area contributed by atoms with E-state index in [1.54, 1.807) is 31.5 Å². The molecule has 3 aromatic rings. The average molecular weight is 715 g/mol. The van der Waals surface area contributed by atoms with Crippen molar-refractivity contribution in [3.63, 3.8) is 0 Å². The Kier molecular flexibility index (Phi) is 10.1. The van der Waals surface area contributed by atoms with Gasteiger partial charge in [0.25, 0.3) is 0 Å². The molecule has 5 rings (SSSR count). The molecule has 43 heavy (non-hydrogen) atoms. The van der Waals surface area contributed by atoms with Gasteiger partial charge in [0.15, 0.2) is 0 Å². The first-order chi connectivity index (χ1) is 20.5. The molecule has 2 fully saturated rings. The molecule has 0 unspecified atom stereocenters. The number of methoxy groups -OCH3 is 1. The Morgan fingerprint density at radius 3 is 2.37 bits per heavy atom. The third-order valence-electron chi connectivity index (χ3n) is 7.65. The second-order valence-corrected chi connectivity index (χ2v) is 14.2. The molecule has 0 spiro atoms. The van der Waals surface area contributed by atoms with Crippen molar-refractivity contribution in [2.24, 2.45) is 0 Å². The molecule has 2 aliphatic rings. The van der Waals surface area contributed by atoms with E-state index in [4.69, 9.17) is 27.9 Å². The molecule has 0 atom stereocenters. The van der Waals surface area contributed by atoms with E-state index in [0.29, 0.717) is 49.2 Å². The predicted octanol–water partition coefficient (Wildman–Crippen LogP) is 5.63. The maximum Gasteiger partial charge on any atom is 0.229 e. The van der Waals surface area contributed by atoms with Crippen LogP contribution in [0, 0.1) is 0 Å². The molecule has 0 saturated carbocycles. The van der Waals surface area contributed by atoms with Crippen molar-refractivity contribution in [1.29, 1.82) is 0 Å². The lowest BCUT2D eigenvalue weighted by Crippen LogP contribution is -2.52. The van der Waals surface area contributed by atoms with Crippen LogP contribution in [0.5, 0.6) is 5.75 Å². The number of piperazine rings is 1. The van der Waals surface area contributed by atoms with Gasteiger partial charge in [-0.1, -0.05) is 23.2 Å². The number of nitrogens with zero attached hydrogens (tertiary/aromatic N) is 5. The monoisotopic (exact) mass is 712 g/mol. The van der Waals surface area contributed by atoms with Gasteiger partial charge in [-0.2, -0.15) is 4.98 Å². The Morgan fingerprint density at radius 1 is 0.977 bits per heavy atom. The summed E-state index contributed by atoms with van der Waals surface area (Å²) in [6.07, 6.45) is 4.85. The number of piperidine rings is 1. The normalized spacial score (nSPS) is 17.1. The number of anilines is 6. The van der Waals surface area contributed by atoms with Crippen LogP contribution in [0.15, 0.2) is 41.0 Å². The average Bonchev–Trinajstić information content (AvgIpc) is 2.96. The zero-order valence-electron chi connectivity index (χ0n) is 24.2. The molecule has 2 aromatic carbocycles. The van der Waals surface area contributed by atoms with Gasteiger partial charge >= 0.3 is 0 Å². The summed E-state index contributed by atoms with van der Waals surface area (Å²) in [5, 5.41) is 7.37. The minimum atomic E-state index is -3.52. The van der Waals surface area contributed by atoms with Crippen molar-refractivity contribution in [3.8, 4) is 5.75 Å². The van der Waals surface area contributed by atoms with Gasteiger partial charge in [0, 0.05) is 62.6 Å². The Morgan fingerprint density at radius 2 is 1.70 bits per heavy atom. The number of hydrogen-bond acceptors (Lipinski definition) is 10. The van der Waals surface area contributed by atoms with Gasteiger partial charge in [-0.15, -0.1) is 0 Å². The molecule has 1 aromatic heterocycles. The van der Waals surface area contributed by atoms with E-state index in [1.165, 1.54) is 0 Å². The highest BCUT2D eigenvalue weighted by Crippen LogP contribution is 2.39. The number of hydrogen-bond donors (Lipinski definition) is 3.